The van der Waals surface area contributed by atoms with Crippen molar-refractivity contribution >= 4 is 16.0 Å². The summed E-state index contributed by atoms with van der Waals surface area (Å²) in [5.41, 5.74) is 0.813. The Balaban J connectivity index is 2.50. The monoisotopic (exact) mass is 315 g/mol. The van der Waals surface area contributed by atoms with E-state index in [9.17, 15) is 23.4 Å². The third kappa shape index (κ3) is 2.80. The molecule has 0 saturated carbocycles. The molecule has 3 N–H and O–H groups in total. The van der Waals surface area contributed by atoms with E-state index in [2.05, 4.69) is 0 Å². The van der Waals surface area contributed by atoms with Crippen molar-refractivity contribution in [2.75, 3.05) is 13.1 Å². The highest BCUT2D eigenvalue weighted by molar-refractivity contribution is 7.89. The Labute approximate surface area is 122 Å². The molecular weight excluding hydrogens is 298 g/mol. The molecule has 0 aromatic heterocycles. The van der Waals surface area contributed by atoms with Gasteiger partial charge < -0.3 is 15.3 Å². The molecule has 0 bridgehead atoms. The zero-order valence-corrected chi connectivity index (χ0v) is 12.5. The van der Waals surface area contributed by atoms with E-state index in [1.54, 1.807) is 13.8 Å². The van der Waals surface area contributed by atoms with Crippen molar-refractivity contribution in [2.45, 2.75) is 31.0 Å². The lowest BCUT2D eigenvalue weighted by Gasteiger charge is -2.18. The number of carboxylic acids is 1. The number of β-amino-alcohol motifs (C(OH)–C–C–N with tert-alkyl or cyclic N) is 2. The Morgan fingerprint density at radius 2 is 1.67 bits per heavy atom. The number of aryl methyl sites for hydroxylation is 2. The van der Waals surface area contributed by atoms with Crippen LogP contribution in [0.1, 0.15) is 21.5 Å². The minimum atomic E-state index is -3.96. The molecule has 8 heteroatoms. The standard InChI is InChI=1S/C13H17NO6S/c1-7-3-8(2)12(4-9(7)13(17)18)21(19,20)14-5-10(15)11(16)6-14/h3-4,10-11,15-16H,5-6H2,1-2H3,(H,17,18)/t10-,11+. The molecule has 1 saturated heterocycles. The highest BCUT2D eigenvalue weighted by Gasteiger charge is 2.38. The average molecular weight is 315 g/mol. The first-order chi connectivity index (χ1) is 9.64. The molecule has 0 unspecified atom stereocenters. The summed E-state index contributed by atoms with van der Waals surface area (Å²) in [6.07, 6.45) is -2.27. The number of rotatable bonds is 3. The molecule has 1 heterocycles. The van der Waals surface area contributed by atoms with Gasteiger partial charge in [-0.3, -0.25) is 0 Å². The van der Waals surface area contributed by atoms with E-state index in [1.807, 2.05) is 0 Å². The van der Waals surface area contributed by atoms with Crippen LogP contribution in [0.3, 0.4) is 0 Å². The molecule has 7 nitrogen and oxygen atoms in total. The number of hydrogen-bond acceptors (Lipinski definition) is 5. The number of nitrogens with zero attached hydrogens (tertiary/aromatic N) is 1. The lowest BCUT2D eigenvalue weighted by Crippen LogP contribution is -2.30. The summed E-state index contributed by atoms with van der Waals surface area (Å²) in [5, 5.41) is 28.1. The van der Waals surface area contributed by atoms with Crippen LogP contribution in [0, 0.1) is 13.8 Å². The van der Waals surface area contributed by atoms with E-state index < -0.39 is 28.2 Å². The number of hydrogen-bond donors (Lipinski definition) is 3. The van der Waals surface area contributed by atoms with Gasteiger partial charge in [0.1, 0.15) is 0 Å². The van der Waals surface area contributed by atoms with E-state index in [-0.39, 0.29) is 23.5 Å². The molecule has 2 atom stereocenters. The lowest BCUT2D eigenvalue weighted by atomic mass is 10.1. The Hall–Kier alpha value is -1.48. The van der Waals surface area contributed by atoms with Gasteiger partial charge in [-0.2, -0.15) is 4.31 Å². The second-order valence-corrected chi connectivity index (χ2v) is 7.10. The third-order valence-corrected chi connectivity index (χ3v) is 5.57. The average Bonchev–Trinajstić information content (AvgIpc) is 2.69. The summed E-state index contributed by atoms with van der Waals surface area (Å²) in [4.78, 5) is 11.0. The minimum Gasteiger partial charge on any atom is -0.478 e. The molecule has 0 amide bonds. The van der Waals surface area contributed by atoms with Crippen molar-refractivity contribution in [3.05, 3.63) is 28.8 Å². The van der Waals surface area contributed by atoms with Crippen molar-refractivity contribution in [3.63, 3.8) is 0 Å². The van der Waals surface area contributed by atoms with Gasteiger partial charge in [0.25, 0.3) is 0 Å². The van der Waals surface area contributed by atoms with Crippen LogP contribution in [0.5, 0.6) is 0 Å². The Kier molecular flexibility index (Phi) is 4.07. The Bertz CT molecular complexity index is 674. The largest absolute Gasteiger partial charge is 0.478 e. The summed E-state index contributed by atoms with van der Waals surface area (Å²) in [5.74, 6) is -1.20. The number of aromatic carboxylic acids is 1. The third-order valence-electron chi connectivity index (χ3n) is 3.60. The van der Waals surface area contributed by atoms with Gasteiger partial charge >= 0.3 is 5.97 Å². The molecule has 1 fully saturated rings. The number of benzene rings is 1. The summed E-state index contributed by atoms with van der Waals surface area (Å²) in [6, 6.07) is 2.62. The summed E-state index contributed by atoms with van der Waals surface area (Å²) in [6.45, 7) is 2.75. The van der Waals surface area contributed by atoms with Gasteiger partial charge in [0.15, 0.2) is 0 Å². The minimum absolute atomic E-state index is 0.0838. The maximum atomic E-state index is 12.5. The van der Waals surface area contributed by atoms with Crippen LogP contribution in [0.15, 0.2) is 17.0 Å². The molecule has 0 aliphatic carbocycles. The first-order valence-electron chi connectivity index (χ1n) is 6.35. The predicted molar refractivity (Wildman–Crippen MR) is 73.6 cm³/mol. The van der Waals surface area contributed by atoms with Crippen molar-refractivity contribution in [1.82, 2.24) is 4.31 Å². The van der Waals surface area contributed by atoms with E-state index in [0.29, 0.717) is 11.1 Å². The van der Waals surface area contributed by atoms with Gasteiger partial charge in [-0.1, -0.05) is 6.07 Å². The van der Waals surface area contributed by atoms with Crippen LogP contribution in [-0.4, -0.2) is 59.3 Å². The maximum absolute atomic E-state index is 12.5. The van der Waals surface area contributed by atoms with Gasteiger partial charge in [-0.15, -0.1) is 0 Å². The van der Waals surface area contributed by atoms with Crippen LogP contribution >= 0.6 is 0 Å². The van der Waals surface area contributed by atoms with E-state index in [1.165, 1.54) is 6.07 Å². The molecule has 2 rings (SSSR count). The van der Waals surface area contributed by atoms with Crippen molar-refractivity contribution in [2.24, 2.45) is 0 Å². The SMILES string of the molecule is Cc1cc(C)c(S(=O)(=O)N2C[C@@H](O)[C@@H](O)C2)cc1C(=O)O. The van der Waals surface area contributed by atoms with Crippen molar-refractivity contribution in [3.8, 4) is 0 Å². The molecule has 1 aromatic rings. The van der Waals surface area contributed by atoms with E-state index >= 15 is 0 Å². The highest BCUT2D eigenvalue weighted by atomic mass is 32.2. The van der Waals surface area contributed by atoms with Crippen molar-refractivity contribution < 1.29 is 28.5 Å². The fraction of sp³-hybridized carbons (Fsp3) is 0.462. The Morgan fingerprint density at radius 3 is 2.14 bits per heavy atom. The Morgan fingerprint density at radius 1 is 1.14 bits per heavy atom. The normalized spacial score (nSPS) is 23.4. The molecule has 1 aliphatic heterocycles. The summed E-state index contributed by atoms with van der Waals surface area (Å²) in [7, 11) is -3.96. The van der Waals surface area contributed by atoms with Crippen LogP contribution in [0.25, 0.3) is 0 Å². The number of sulfonamides is 1. The van der Waals surface area contributed by atoms with E-state index in [4.69, 9.17) is 5.11 Å². The summed E-state index contributed by atoms with van der Waals surface area (Å²) >= 11 is 0. The molecular formula is C13H17NO6S. The fourth-order valence-electron chi connectivity index (χ4n) is 2.41. The molecule has 1 aromatic carbocycles. The quantitative estimate of drug-likeness (QED) is 0.707. The molecule has 1 aliphatic rings. The summed E-state index contributed by atoms with van der Waals surface area (Å²) < 4.78 is 26.1. The zero-order chi connectivity index (χ0) is 15.9. The van der Waals surface area contributed by atoms with Crippen LogP contribution in [0.4, 0.5) is 0 Å². The smallest absolute Gasteiger partial charge is 0.335 e. The first kappa shape index (κ1) is 15.9. The van der Waals surface area contributed by atoms with Crippen LogP contribution < -0.4 is 0 Å². The second-order valence-electron chi connectivity index (χ2n) is 5.19. The lowest BCUT2D eigenvalue weighted by molar-refractivity contribution is 0.0572. The molecule has 116 valence electrons. The predicted octanol–water partition coefficient (Wildman–Crippen LogP) is -0.272. The highest BCUT2D eigenvalue weighted by Crippen LogP contribution is 2.26. The number of carboxylic acid groups (broad SMARTS) is 1. The zero-order valence-electron chi connectivity index (χ0n) is 11.6. The second kappa shape index (κ2) is 5.38. The van der Waals surface area contributed by atoms with Gasteiger partial charge in [-0.05, 0) is 31.0 Å². The fourth-order valence-corrected chi connectivity index (χ4v) is 4.12. The van der Waals surface area contributed by atoms with Gasteiger partial charge in [0.05, 0.1) is 22.7 Å². The molecule has 0 spiro atoms. The maximum Gasteiger partial charge on any atom is 0.335 e. The number of aliphatic hydroxyl groups is 2. The van der Waals surface area contributed by atoms with Crippen molar-refractivity contribution in [1.29, 1.82) is 0 Å². The number of aliphatic hydroxyl groups excluding tert-OH is 2. The van der Waals surface area contributed by atoms with Crippen LogP contribution in [-0.2, 0) is 10.0 Å². The van der Waals surface area contributed by atoms with E-state index in [0.717, 1.165) is 10.4 Å². The topological polar surface area (TPSA) is 115 Å². The van der Waals surface area contributed by atoms with Gasteiger partial charge in [0, 0.05) is 13.1 Å². The van der Waals surface area contributed by atoms with Gasteiger partial charge in [-0.25, -0.2) is 13.2 Å². The molecule has 0 radical (unpaired) electrons. The first-order valence-corrected chi connectivity index (χ1v) is 7.79. The number of carbonyl (C=O) groups is 1. The van der Waals surface area contributed by atoms with Gasteiger partial charge in [0.2, 0.25) is 10.0 Å². The van der Waals surface area contributed by atoms with Crippen LogP contribution in [0.2, 0.25) is 0 Å². The molecule has 21 heavy (non-hydrogen) atoms.